The molecule has 6 nitrogen and oxygen atoms in total. The Labute approximate surface area is 194 Å². The number of carbonyl (C=O) groups excluding carboxylic acids is 1. The van der Waals surface area contributed by atoms with Gasteiger partial charge in [0, 0.05) is 29.9 Å². The third kappa shape index (κ3) is 3.59. The molecule has 6 rings (SSSR count). The highest BCUT2D eigenvalue weighted by atomic mass is 35.5. The summed E-state index contributed by atoms with van der Waals surface area (Å²) in [4.78, 5) is 20.2. The molecule has 1 saturated carbocycles. The Kier molecular flexibility index (Phi) is 4.96. The quantitative estimate of drug-likeness (QED) is 0.405. The topological polar surface area (TPSA) is 63.9 Å². The SMILES string of the molecule is O=C(c1nnn(-c2ccccc2)c1C1CC1)N1CCC(c2nc3cc(Cl)ccc3s2)CC1. The summed E-state index contributed by atoms with van der Waals surface area (Å²) in [5.41, 5.74) is 3.40. The second-order valence-electron chi connectivity index (χ2n) is 8.58. The van der Waals surface area contributed by atoms with E-state index in [9.17, 15) is 4.79 Å². The first-order valence-electron chi connectivity index (χ1n) is 11.0. The maximum atomic E-state index is 13.4. The van der Waals surface area contributed by atoms with E-state index in [0.29, 0.717) is 35.6 Å². The number of hydrogen-bond acceptors (Lipinski definition) is 5. The van der Waals surface area contributed by atoms with Crippen LogP contribution in [0.3, 0.4) is 0 Å². The van der Waals surface area contributed by atoms with Crippen molar-refractivity contribution in [3.8, 4) is 5.69 Å². The third-order valence-electron chi connectivity index (χ3n) is 6.37. The number of amides is 1. The molecule has 32 heavy (non-hydrogen) atoms. The molecule has 0 bridgehead atoms. The number of para-hydroxylation sites is 1. The fourth-order valence-electron chi connectivity index (χ4n) is 4.50. The lowest BCUT2D eigenvalue weighted by atomic mass is 9.97. The summed E-state index contributed by atoms with van der Waals surface area (Å²) in [7, 11) is 0. The molecule has 1 amide bonds. The van der Waals surface area contributed by atoms with Gasteiger partial charge in [-0.05, 0) is 56.0 Å². The summed E-state index contributed by atoms with van der Waals surface area (Å²) in [6, 6.07) is 15.8. The Balaban J connectivity index is 1.20. The summed E-state index contributed by atoms with van der Waals surface area (Å²) < 4.78 is 3.01. The summed E-state index contributed by atoms with van der Waals surface area (Å²) in [5.74, 6) is 0.748. The van der Waals surface area contributed by atoms with Crippen LogP contribution in [0, 0.1) is 0 Å². The molecule has 2 fully saturated rings. The van der Waals surface area contributed by atoms with Crippen molar-refractivity contribution in [2.45, 2.75) is 37.5 Å². The van der Waals surface area contributed by atoms with E-state index in [1.807, 2.05) is 58.1 Å². The number of likely N-dealkylation sites (tertiary alicyclic amines) is 1. The molecule has 0 N–H and O–H groups in total. The first-order chi connectivity index (χ1) is 15.7. The predicted octanol–water partition coefficient (Wildman–Crippen LogP) is 5.43. The molecule has 4 aromatic rings. The van der Waals surface area contributed by atoms with Gasteiger partial charge in [0.25, 0.3) is 5.91 Å². The van der Waals surface area contributed by atoms with E-state index in [2.05, 4.69) is 10.3 Å². The molecule has 1 aliphatic carbocycles. The number of fused-ring (bicyclic) bond motifs is 1. The van der Waals surface area contributed by atoms with Gasteiger partial charge in [0.15, 0.2) is 5.69 Å². The molecule has 3 heterocycles. The van der Waals surface area contributed by atoms with E-state index in [1.165, 1.54) is 0 Å². The maximum Gasteiger partial charge on any atom is 0.276 e. The highest BCUT2D eigenvalue weighted by Gasteiger charge is 2.36. The lowest BCUT2D eigenvalue weighted by molar-refractivity contribution is 0.0705. The molecule has 0 atom stereocenters. The van der Waals surface area contributed by atoms with E-state index in [0.717, 1.165) is 52.3 Å². The number of piperidine rings is 1. The van der Waals surface area contributed by atoms with Gasteiger partial charge in [0.1, 0.15) is 0 Å². The van der Waals surface area contributed by atoms with Crippen molar-refractivity contribution in [3.05, 3.63) is 69.9 Å². The average Bonchev–Trinajstić information content (AvgIpc) is 3.43. The lowest BCUT2D eigenvalue weighted by Crippen LogP contribution is -2.38. The van der Waals surface area contributed by atoms with Gasteiger partial charge in [0.05, 0.1) is 26.6 Å². The van der Waals surface area contributed by atoms with Crippen LogP contribution in [0.25, 0.3) is 15.9 Å². The predicted molar refractivity (Wildman–Crippen MR) is 126 cm³/mol. The number of nitrogens with zero attached hydrogens (tertiary/aromatic N) is 5. The van der Waals surface area contributed by atoms with Gasteiger partial charge in [-0.3, -0.25) is 4.79 Å². The minimum atomic E-state index is 0.00335. The summed E-state index contributed by atoms with van der Waals surface area (Å²) in [5, 5.41) is 10.6. The number of thiazole rings is 1. The Morgan fingerprint density at radius 2 is 1.78 bits per heavy atom. The molecule has 2 aliphatic rings. The minimum Gasteiger partial charge on any atom is -0.337 e. The van der Waals surface area contributed by atoms with Crippen LogP contribution in [0.4, 0.5) is 0 Å². The number of hydrogen-bond donors (Lipinski definition) is 0. The van der Waals surface area contributed by atoms with Crippen LogP contribution in [0.5, 0.6) is 0 Å². The fraction of sp³-hybridized carbons (Fsp3) is 0.333. The van der Waals surface area contributed by atoms with E-state index < -0.39 is 0 Å². The molecule has 1 aliphatic heterocycles. The van der Waals surface area contributed by atoms with E-state index in [1.54, 1.807) is 11.3 Å². The minimum absolute atomic E-state index is 0.00335. The van der Waals surface area contributed by atoms with E-state index in [-0.39, 0.29) is 5.91 Å². The molecule has 1 saturated heterocycles. The highest BCUT2D eigenvalue weighted by Crippen LogP contribution is 2.42. The molecule has 2 aromatic carbocycles. The first kappa shape index (κ1) is 19.9. The van der Waals surface area contributed by atoms with Crippen LogP contribution in [-0.4, -0.2) is 43.9 Å². The molecule has 2 aromatic heterocycles. The lowest BCUT2D eigenvalue weighted by Gasteiger charge is -2.30. The zero-order valence-corrected chi connectivity index (χ0v) is 19.0. The number of halogens is 1. The third-order valence-corrected chi connectivity index (χ3v) is 7.80. The van der Waals surface area contributed by atoms with Crippen molar-refractivity contribution in [1.29, 1.82) is 0 Å². The first-order valence-corrected chi connectivity index (χ1v) is 12.2. The van der Waals surface area contributed by atoms with Crippen LogP contribution in [0.2, 0.25) is 5.02 Å². The van der Waals surface area contributed by atoms with Gasteiger partial charge in [-0.25, -0.2) is 9.67 Å². The molecule has 0 unspecified atom stereocenters. The van der Waals surface area contributed by atoms with Crippen LogP contribution in [-0.2, 0) is 0 Å². The monoisotopic (exact) mass is 463 g/mol. The van der Waals surface area contributed by atoms with E-state index >= 15 is 0 Å². The average molecular weight is 464 g/mol. The van der Waals surface area contributed by atoms with Crippen molar-refractivity contribution in [2.75, 3.05) is 13.1 Å². The van der Waals surface area contributed by atoms with Crippen molar-refractivity contribution in [3.63, 3.8) is 0 Å². The second kappa shape index (κ2) is 7.98. The largest absolute Gasteiger partial charge is 0.337 e. The van der Waals surface area contributed by atoms with Crippen molar-refractivity contribution < 1.29 is 4.79 Å². The van der Waals surface area contributed by atoms with Crippen LogP contribution >= 0.6 is 22.9 Å². The molecule has 162 valence electrons. The van der Waals surface area contributed by atoms with Crippen molar-refractivity contribution in [1.82, 2.24) is 24.9 Å². The number of benzene rings is 2. The van der Waals surface area contributed by atoms with Gasteiger partial charge in [-0.2, -0.15) is 0 Å². The standard InChI is InChI=1S/C24H22ClN5OS/c25-17-8-9-20-19(14-17)26-23(32-20)16-10-12-29(13-11-16)24(31)21-22(15-6-7-15)30(28-27-21)18-4-2-1-3-5-18/h1-5,8-9,14-16H,6-7,10-13H2. The molecule has 0 spiro atoms. The zero-order chi connectivity index (χ0) is 21.7. The number of rotatable bonds is 4. The van der Waals surface area contributed by atoms with Gasteiger partial charge < -0.3 is 4.90 Å². The van der Waals surface area contributed by atoms with Crippen molar-refractivity contribution in [2.24, 2.45) is 0 Å². The van der Waals surface area contributed by atoms with Crippen LogP contribution in [0.1, 0.15) is 58.7 Å². The van der Waals surface area contributed by atoms with Gasteiger partial charge >= 0.3 is 0 Å². The fourth-order valence-corrected chi connectivity index (χ4v) is 5.78. The Morgan fingerprint density at radius 1 is 1.00 bits per heavy atom. The summed E-state index contributed by atoms with van der Waals surface area (Å²) in [6.07, 6.45) is 3.99. The second-order valence-corrected chi connectivity index (χ2v) is 10.1. The van der Waals surface area contributed by atoms with Gasteiger partial charge in [-0.1, -0.05) is 35.0 Å². The molecule has 0 radical (unpaired) electrons. The van der Waals surface area contributed by atoms with Crippen molar-refractivity contribution >= 4 is 39.1 Å². The Morgan fingerprint density at radius 3 is 2.53 bits per heavy atom. The molecular weight excluding hydrogens is 442 g/mol. The Hall–Kier alpha value is -2.77. The Bertz CT molecular complexity index is 1290. The van der Waals surface area contributed by atoms with Gasteiger partial charge in [-0.15, -0.1) is 16.4 Å². The molecular formula is C24H22ClN5OS. The van der Waals surface area contributed by atoms with Crippen LogP contribution in [0.15, 0.2) is 48.5 Å². The number of carbonyl (C=O) groups is 1. The maximum absolute atomic E-state index is 13.4. The zero-order valence-electron chi connectivity index (χ0n) is 17.4. The van der Waals surface area contributed by atoms with E-state index in [4.69, 9.17) is 16.6 Å². The van der Waals surface area contributed by atoms with Crippen LogP contribution < -0.4 is 0 Å². The summed E-state index contributed by atoms with van der Waals surface area (Å²) >= 11 is 7.85. The molecule has 8 heteroatoms. The normalized spacial score (nSPS) is 17.2. The summed E-state index contributed by atoms with van der Waals surface area (Å²) in [6.45, 7) is 1.42. The smallest absolute Gasteiger partial charge is 0.276 e. The highest BCUT2D eigenvalue weighted by molar-refractivity contribution is 7.18. The van der Waals surface area contributed by atoms with Gasteiger partial charge in [0.2, 0.25) is 0 Å². The number of aromatic nitrogens is 4.